The summed E-state index contributed by atoms with van der Waals surface area (Å²) in [6, 6.07) is 6.07. The molecule has 3 aromatic rings. The zero-order chi connectivity index (χ0) is 19.7. The summed E-state index contributed by atoms with van der Waals surface area (Å²) < 4.78 is 12.7. The molecule has 1 aliphatic rings. The molecule has 1 aromatic carbocycles. The molecule has 1 saturated carbocycles. The Kier molecular flexibility index (Phi) is 5.07. The zero-order valence-electron chi connectivity index (χ0n) is 16.6. The predicted molar refractivity (Wildman–Crippen MR) is 107 cm³/mol. The molecular formula is C21H26N4O3. The Balaban J connectivity index is 1.76. The van der Waals surface area contributed by atoms with Crippen LogP contribution in [0.4, 0.5) is 0 Å². The van der Waals surface area contributed by atoms with Crippen molar-refractivity contribution in [1.29, 1.82) is 0 Å². The normalized spacial score (nSPS) is 14.7. The Bertz CT molecular complexity index is 1050. The summed E-state index contributed by atoms with van der Waals surface area (Å²) >= 11 is 0. The molecule has 7 heteroatoms. The number of H-pyrrole nitrogens is 1. The standard InChI is InChI=1S/C21H26N4O3/c1-4-15-19-20(25(24-15)14-7-5-6-8-14)22-18(23-21(19)26)12-13-9-10-16(27-2)17(11-13)28-3/h9-11,14H,4-8,12H2,1-3H3,(H,22,23,26). The lowest BCUT2D eigenvalue weighted by Gasteiger charge is -2.11. The number of nitrogens with zero attached hydrogens (tertiary/aromatic N) is 3. The van der Waals surface area contributed by atoms with Gasteiger partial charge in [-0.15, -0.1) is 0 Å². The third-order valence-electron chi connectivity index (χ3n) is 5.51. The first-order valence-corrected chi connectivity index (χ1v) is 9.85. The molecule has 2 aromatic heterocycles. The fourth-order valence-electron chi connectivity index (χ4n) is 4.08. The van der Waals surface area contributed by atoms with Crippen molar-refractivity contribution >= 4 is 11.0 Å². The Morgan fingerprint density at radius 1 is 1.18 bits per heavy atom. The van der Waals surface area contributed by atoms with E-state index in [1.54, 1.807) is 14.2 Å². The van der Waals surface area contributed by atoms with E-state index < -0.39 is 0 Å². The largest absolute Gasteiger partial charge is 0.493 e. The van der Waals surface area contributed by atoms with E-state index in [-0.39, 0.29) is 5.56 Å². The summed E-state index contributed by atoms with van der Waals surface area (Å²) in [5.41, 5.74) is 2.42. The van der Waals surface area contributed by atoms with E-state index in [0.29, 0.717) is 40.8 Å². The van der Waals surface area contributed by atoms with Gasteiger partial charge in [-0.3, -0.25) is 4.79 Å². The highest BCUT2D eigenvalue weighted by Gasteiger charge is 2.24. The first-order chi connectivity index (χ1) is 13.6. The molecule has 0 atom stereocenters. The Hall–Kier alpha value is -2.83. The number of aryl methyl sites for hydroxylation is 1. The van der Waals surface area contributed by atoms with Crippen molar-refractivity contribution in [2.45, 2.75) is 51.5 Å². The summed E-state index contributed by atoms with van der Waals surface area (Å²) in [6.45, 7) is 2.03. The minimum Gasteiger partial charge on any atom is -0.493 e. The van der Waals surface area contributed by atoms with Gasteiger partial charge in [-0.25, -0.2) is 9.67 Å². The van der Waals surface area contributed by atoms with Crippen molar-refractivity contribution in [3.63, 3.8) is 0 Å². The van der Waals surface area contributed by atoms with Crippen LogP contribution in [-0.4, -0.2) is 34.0 Å². The van der Waals surface area contributed by atoms with Gasteiger partial charge in [0.25, 0.3) is 5.56 Å². The van der Waals surface area contributed by atoms with Gasteiger partial charge in [0, 0.05) is 6.42 Å². The molecule has 4 rings (SSSR count). The smallest absolute Gasteiger partial charge is 0.262 e. The lowest BCUT2D eigenvalue weighted by atomic mass is 10.1. The Morgan fingerprint density at radius 3 is 2.61 bits per heavy atom. The van der Waals surface area contributed by atoms with Crippen molar-refractivity contribution in [3.8, 4) is 11.5 Å². The SMILES string of the molecule is CCc1nn(C2CCCC2)c2nc(Cc3ccc(OC)c(OC)c3)[nH]c(=O)c12. The number of rotatable bonds is 6. The Labute approximate surface area is 163 Å². The molecule has 0 unspecified atom stereocenters. The highest BCUT2D eigenvalue weighted by molar-refractivity contribution is 5.77. The van der Waals surface area contributed by atoms with E-state index in [2.05, 4.69) is 4.98 Å². The summed E-state index contributed by atoms with van der Waals surface area (Å²) in [7, 11) is 3.22. The molecule has 0 amide bonds. The fourth-order valence-corrected chi connectivity index (χ4v) is 4.08. The fraction of sp³-hybridized carbons (Fsp3) is 0.476. The molecule has 2 heterocycles. The van der Waals surface area contributed by atoms with Crippen molar-refractivity contribution < 1.29 is 9.47 Å². The van der Waals surface area contributed by atoms with Crippen molar-refractivity contribution in [1.82, 2.24) is 19.7 Å². The minimum absolute atomic E-state index is 0.110. The first kappa shape index (κ1) is 18.5. The third-order valence-corrected chi connectivity index (χ3v) is 5.51. The highest BCUT2D eigenvalue weighted by Crippen LogP contribution is 2.32. The average Bonchev–Trinajstić information content (AvgIpc) is 3.35. The maximum Gasteiger partial charge on any atom is 0.262 e. The summed E-state index contributed by atoms with van der Waals surface area (Å²) in [5, 5.41) is 5.38. The third kappa shape index (κ3) is 3.25. The van der Waals surface area contributed by atoms with Gasteiger partial charge in [0.15, 0.2) is 17.1 Å². The number of nitrogens with one attached hydrogen (secondary N) is 1. The maximum atomic E-state index is 12.8. The van der Waals surface area contributed by atoms with Gasteiger partial charge in [0.05, 0.1) is 26.0 Å². The highest BCUT2D eigenvalue weighted by atomic mass is 16.5. The second-order valence-corrected chi connectivity index (χ2v) is 7.26. The molecule has 1 N–H and O–H groups in total. The van der Waals surface area contributed by atoms with E-state index >= 15 is 0 Å². The van der Waals surface area contributed by atoms with Crippen LogP contribution in [0.5, 0.6) is 11.5 Å². The van der Waals surface area contributed by atoms with Gasteiger partial charge in [-0.2, -0.15) is 5.10 Å². The monoisotopic (exact) mass is 382 g/mol. The van der Waals surface area contributed by atoms with Crippen LogP contribution in [0.25, 0.3) is 11.0 Å². The lowest BCUT2D eigenvalue weighted by Crippen LogP contribution is -2.14. The van der Waals surface area contributed by atoms with Crippen LogP contribution in [0.15, 0.2) is 23.0 Å². The van der Waals surface area contributed by atoms with Crippen LogP contribution in [0.3, 0.4) is 0 Å². The lowest BCUT2D eigenvalue weighted by molar-refractivity contribution is 0.354. The van der Waals surface area contributed by atoms with E-state index in [9.17, 15) is 4.79 Å². The molecule has 0 spiro atoms. The first-order valence-electron chi connectivity index (χ1n) is 9.85. The summed E-state index contributed by atoms with van der Waals surface area (Å²) in [4.78, 5) is 20.6. The van der Waals surface area contributed by atoms with Gasteiger partial charge in [-0.05, 0) is 37.0 Å². The molecule has 7 nitrogen and oxygen atoms in total. The number of ether oxygens (including phenoxy) is 2. The number of methoxy groups -OCH3 is 2. The van der Waals surface area contributed by atoms with E-state index in [4.69, 9.17) is 19.6 Å². The Morgan fingerprint density at radius 2 is 1.93 bits per heavy atom. The number of fused-ring (bicyclic) bond motifs is 1. The van der Waals surface area contributed by atoms with Crippen molar-refractivity contribution in [2.24, 2.45) is 0 Å². The van der Waals surface area contributed by atoms with E-state index in [1.165, 1.54) is 12.8 Å². The maximum absolute atomic E-state index is 12.8. The molecule has 28 heavy (non-hydrogen) atoms. The predicted octanol–water partition coefficient (Wildman–Crippen LogP) is 3.41. The molecular weight excluding hydrogens is 356 g/mol. The van der Waals surface area contributed by atoms with E-state index in [1.807, 2.05) is 29.8 Å². The molecule has 0 saturated heterocycles. The number of hydrogen-bond donors (Lipinski definition) is 1. The number of benzene rings is 1. The number of aromatic amines is 1. The van der Waals surface area contributed by atoms with Crippen LogP contribution < -0.4 is 15.0 Å². The molecule has 148 valence electrons. The van der Waals surface area contributed by atoms with Gasteiger partial charge in [0.1, 0.15) is 11.2 Å². The topological polar surface area (TPSA) is 82.0 Å². The second kappa shape index (κ2) is 7.66. The van der Waals surface area contributed by atoms with Gasteiger partial charge in [-0.1, -0.05) is 25.8 Å². The van der Waals surface area contributed by atoms with Crippen molar-refractivity contribution in [3.05, 3.63) is 45.6 Å². The van der Waals surface area contributed by atoms with Crippen LogP contribution in [0.2, 0.25) is 0 Å². The number of aromatic nitrogens is 4. The van der Waals surface area contributed by atoms with Gasteiger partial charge >= 0.3 is 0 Å². The number of hydrogen-bond acceptors (Lipinski definition) is 5. The summed E-state index contributed by atoms with van der Waals surface area (Å²) in [5.74, 6) is 1.97. The van der Waals surface area contributed by atoms with E-state index in [0.717, 1.165) is 30.5 Å². The zero-order valence-corrected chi connectivity index (χ0v) is 16.6. The summed E-state index contributed by atoms with van der Waals surface area (Å²) in [6.07, 6.45) is 5.82. The van der Waals surface area contributed by atoms with Crippen LogP contribution in [0, 0.1) is 0 Å². The molecule has 0 radical (unpaired) electrons. The van der Waals surface area contributed by atoms with Crippen LogP contribution in [0.1, 0.15) is 55.7 Å². The molecule has 0 aliphatic heterocycles. The van der Waals surface area contributed by atoms with Gasteiger partial charge in [0.2, 0.25) is 0 Å². The quantitative estimate of drug-likeness (QED) is 0.706. The van der Waals surface area contributed by atoms with Crippen LogP contribution >= 0.6 is 0 Å². The van der Waals surface area contributed by atoms with Crippen LogP contribution in [-0.2, 0) is 12.8 Å². The van der Waals surface area contributed by atoms with Crippen molar-refractivity contribution in [2.75, 3.05) is 14.2 Å². The minimum atomic E-state index is -0.110. The molecule has 1 fully saturated rings. The second-order valence-electron chi connectivity index (χ2n) is 7.26. The molecule has 0 bridgehead atoms. The van der Waals surface area contributed by atoms with Gasteiger partial charge < -0.3 is 14.5 Å². The molecule has 1 aliphatic carbocycles. The average molecular weight is 382 g/mol.